The van der Waals surface area contributed by atoms with Crippen LogP contribution in [0.15, 0.2) is 97.1 Å². The van der Waals surface area contributed by atoms with Crippen molar-refractivity contribution in [1.29, 1.82) is 0 Å². The quantitative estimate of drug-likeness (QED) is 0.0539. The molecule has 0 aliphatic heterocycles. The van der Waals surface area contributed by atoms with E-state index >= 15 is 0 Å². The number of hydrogen-bond acceptors (Lipinski definition) is 16. The van der Waals surface area contributed by atoms with Crippen molar-refractivity contribution >= 4 is 48.0 Å². The molecule has 2 aromatic carbocycles. The van der Waals surface area contributed by atoms with Crippen molar-refractivity contribution in [1.82, 2.24) is 10.6 Å². The number of para-hydroxylation sites is 2. The van der Waals surface area contributed by atoms with Gasteiger partial charge in [0.1, 0.15) is 35.5 Å². The van der Waals surface area contributed by atoms with Crippen LogP contribution in [0.1, 0.15) is 84.9 Å². The monoisotopic (exact) mass is 884 g/mol. The van der Waals surface area contributed by atoms with E-state index < -0.39 is 71.0 Å². The molecule has 0 bridgehead atoms. The topological polar surface area (TPSA) is 234 Å². The van der Waals surface area contributed by atoms with Gasteiger partial charge in [-0.1, -0.05) is 73.6 Å². The molecule has 0 radical (unpaired) electrons. The molecule has 0 heterocycles. The zero-order valence-electron chi connectivity index (χ0n) is 35.2. The second-order valence-electron chi connectivity index (χ2n) is 15.2. The molecule has 18 heteroatoms. The van der Waals surface area contributed by atoms with Gasteiger partial charge in [-0.3, -0.25) is 9.59 Å². The number of hydrogen-bond donors (Lipinski definition) is 2. The molecule has 2 saturated carbocycles. The number of allylic oxidation sites excluding steroid dienone is 4. The number of alkyl carbamates (subject to hydrolysis) is 2. The first-order valence-corrected chi connectivity index (χ1v) is 20.9. The normalized spacial score (nSPS) is 22.8. The van der Waals surface area contributed by atoms with Gasteiger partial charge < -0.3 is 39.1 Å². The van der Waals surface area contributed by atoms with Crippen LogP contribution in [0.25, 0.3) is 0 Å². The maximum absolute atomic E-state index is 14.6. The van der Waals surface area contributed by atoms with E-state index in [1.54, 1.807) is 0 Å². The van der Waals surface area contributed by atoms with E-state index in [2.05, 4.69) is 10.6 Å². The SMILES string of the molecule is CNC(=O)OC1(C(=O)c2ccccc2OC(=O)OC2CCCCC2)C=CC=CC1C(=O)OOC(=O)C1C=CC=CC1(OC(=O)NC)C(=O)c1ccccc1OC(=O)OC1CCCCC1. The highest BCUT2D eigenvalue weighted by molar-refractivity contribution is 6.11. The third kappa shape index (κ3) is 10.7. The molecule has 2 aromatic rings. The molecule has 64 heavy (non-hydrogen) atoms. The van der Waals surface area contributed by atoms with Crippen molar-refractivity contribution in [2.75, 3.05) is 14.1 Å². The van der Waals surface area contributed by atoms with Crippen molar-refractivity contribution in [3.8, 4) is 11.5 Å². The third-order valence-electron chi connectivity index (χ3n) is 11.1. The smallest absolute Gasteiger partial charge is 0.431 e. The van der Waals surface area contributed by atoms with Gasteiger partial charge in [0.25, 0.3) is 0 Å². The van der Waals surface area contributed by atoms with Gasteiger partial charge in [0.05, 0.1) is 11.1 Å². The van der Waals surface area contributed by atoms with Gasteiger partial charge in [0.2, 0.25) is 22.8 Å². The number of rotatable bonds is 12. The molecule has 6 rings (SSSR count). The Morgan fingerprint density at radius 1 is 0.516 bits per heavy atom. The van der Waals surface area contributed by atoms with E-state index in [9.17, 15) is 38.4 Å². The van der Waals surface area contributed by atoms with Gasteiger partial charge in [-0.15, -0.1) is 0 Å². The Morgan fingerprint density at radius 3 is 1.27 bits per heavy atom. The van der Waals surface area contributed by atoms with Crippen LogP contribution in [0.4, 0.5) is 19.2 Å². The molecule has 4 atom stereocenters. The fourth-order valence-electron chi connectivity index (χ4n) is 7.84. The lowest BCUT2D eigenvalue weighted by atomic mass is 9.77. The number of amides is 2. The lowest BCUT2D eigenvalue weighted by molar-refractivity contribution is -0.267. The van der Waals surface area contributed by atoms with E-state index in [0.29, 0.717) is 25.7 Å². The van der Waals surface area contributed by atoms with Crippen molar-refractivity contribution in [2.24, 2.45) is 11.8 Å². The highest BCUT2D eigenvalue weighted by Gasteiger charge is 2.55. The van der Waals surface area contributed by atoms with Gasteiger partial charge in [0, 0.05) is 14.1 Å². The third-order valence-corrected chi connectivity index (χ3v) is 11.1. The standard InChI is InChI=1S/C46H48N2O16/c1-47-41(53)61-45(37(49)31-21-9-11-25-35(31)59-43(55)57-29-17-5-3-6-18-29)27-15-13-23-33(45)39(51)63-64-40(52)34-24-14-16-28-46(34,62-42(54)48-2)38(50)32-22-10-12-26-36(32)60-44(56)58-30-19-7-4-8-20-30/h9-16,21-30,33-34H,3-8,17-20H2,1-2H3,(H,47,53)(H,48,54). The summed E-state index contributed by atoms with van der Waals surface area (Å²) in [6, 6.07) is 11.1. The number of Topliss-reactive ketones (excluding diaryl/α,β-unsaturated/α-hetero) is 2. The molecule has 0 saturated heterocycles. The molecule has 338 valence electrons. The summed E-state index contributed by atoms with van der Waals surface area (Å²) in [5.41, 5.74) is -5.63. The highest BCUT2D eigenvalue weighted by Crippen LogP contribution is 2.39. The predicted octanol–water partition coefficient (Wildman–Crippen LogP) is 7.12. The van der Waals surface area contributed by atoms with Crippen LogP contribution in [-0.2, 0) is 38.3 Å². The van der Waals surface area contributed by atoms with Crippen LogP contribution in [0, 0.1) is 11.8 Å². The predicted molar refractivity (Wildman–Crippen MR) is 222 cm³/mol. The maximum Gasteiger partial charge on any atom is 0.514 e. The molecule has 4 unspecified atom stereocenters. The number of nitrogens with one attached hydrogen (secondary N) is 2. The fraction of sp³-hybridized carbons (Fsp3) is 0.391. The molecule has 2 fully saturated rings. The van der Waals surface area contributed by atoms with Crippen LogP contribution in [0.3, 0.4) is 0 Å². The van der Waals surface area contributed by atoms with Gasteiger partial charge >= 0.3 is 36.4 Å². The molecule has 0 aromatic heterocycles. The molecule has 2 amide bonds. The number of carbonyl (C=O) groups is 8. The average Bonchev–Trinajstić information content (AvgIpc) is 3.31. The Balaban J connectivity index is 1.24. The largest absolute Gasteiger partial charge is 0.514 e. The van der Waals surface area contributed by atoms with E-state index in [4.69, 9.17) is 38.2 Å². The van der Waals surface area contributed by atoms with Crippen molar-refractivity contribution in [3.63, 3.8) is 0 Å². The maximum atomic E-state index is 14.6. The lowest BCUT2D eigenvalue weighted by Crippen LogP contribution is -2.54. The Bertz CT molecular complexity index is 2080. The molecular formula is C46H48N2O16. The number of ketones is 2. The summed E-state index contributed by atoms with van der Waals surface area (Å²) in [5.74, 6) is -9.17. The summed E-state index contributed by atoms with van der Waals surface area (Å²) >= 11 is 0. The fourth-order valence-corrected chi connectivity index (χ4v) is 7.84. The summed E-state index contributed by atoms with van der Waals surface area (Å²) in [5, 5.41) is 4.47. The Labute approximate surface area is 367 Å². The van der Waals surface area contributed by atoms with Gasteiger partial charge in [0.15, 0.2) is 0 Å². The summed E-state index contributed by atoms with van der Waals surface area (Å²) in [7, 11) is 2.43. The summed E-state index contributed by atoms with van der Waals surface area (Å²) in [6.07, 6.45) is 12.8. The second-order valence-corrected chi connectivity index (χ2v) is 15.2. The molecule has 4 aliphatic rings. The molecule has 18 nitrogen and oxygen atoms in total. The lowest BCUT2D eigenvalue weighted by Gasteiger charge is -2.35. The Morgan fingerprint density at radius 2 is 0.891 bits per heavy atom. The van der Waals surface area contributed by atoms with Gasteiger partial charge in [-0.05, 0) is 87.8 Å². The van der Waals surface area contributed by atoms with E-state index in [0.717, 1.165) is 62.8 Å². The van der Waals surface area contributed by atoms with Crippen LogP contribution in [0.2, 0.25) is 0 Å². The van der Waals surface area contributed by atoms with E-state index in [1.165, 1.54) is 86.9 Å². The summed E-state index contributed by atoms with van der Waals surface area (Å²) in [4.78, 5) is 119. The second kappa shape index (κ2) is 21.2. The van der Waals surface area contributed by atoms with Crippen LogP contribution < -0.4 is 20.1 Å². The molecule has 2 N–H and O–H groups in total. The minimum Gasteiger partial charge on any atom is -0.431 e. The minimum absolute atomic E-state index is 0.267. The number of benzene rings is 2. The summed E-state index contributed by atoms with van der Waals surface area (Å²) < 4.78 is 33.1. The number of carbonyl (C=O) groups excluding carboxylic acids is 8. The number of ether oxygens (including phenoxy) is 6. The Hall–Kier alpha value is -7.24. The van der Waals surface area contributed by atoms with Crippen LogP contribution >= 0.6 is 0 Å². The zero-order chi connectivity index (χ0) is 45.7. The molecule has 4 aliphatic carbocycles. The van der Waals surface area contributed by atoms with E-state index in [1.807, 2.05) is 0 Å². The van der Waals surface area contributed by atoms with Crippen molar-refractivity contribution < 1.29 is 76.6 Å². The van der Waals surface area contributed by atoms with Crippen LogP contribution in [0.5, 0.6) is 11.5 Å². The highest BCUT2D eigenvalue weighted by atomic mass is 17.2. The molecular weight excluding hydrogens is 837 g/mol. The first-order valence-electron chi connectivity index (χ1n) is 20.9. The van der Waals surface area contributed by atoms with Gasteiger partial charge in [-0.2, -0.15) is 0 Å². The van der Waals surface area contributed by atoms with E-state index in [-0.39, 0.29) is 34.8 Å². The first-order chi connectivity index (χ1) is 30.9. The summed E-state index contributed by atoms with van der Waals surface area (Å²) in [6.45, 7) is 0. The Kier molecular flexibility index (Phi) is 15.3. The van der Waals surface area contributed by atoms with Gasteiger partial charge in [-0.25, -0.2) is 38.5 Å². The average molecular weight is 885 g/mol. The molecule has 0 spiro atoms. The van der Waals surface area contributed by atoms with Crippen LogP contribution in [-0.4, -0.2) is 85.5 Å². The first kappa shape index (κ1) is 46.3. The minimum atomic E-state index is -2.53. The van der Waals surface area contributed by atoms with Crippen molar-refractivity contribution in [2.45, 2.75) is 87.6 Å². The van der Waals surface area contributed by atoms with Crippen molar-refractivity contribution in [3.05, 3.63) is 108 Å². The zero-order valence-corrected chi connectivity index (χ0v) is 35.2.